The first-order valence-electron chi connectivity index (χ1n) is 6.48. The molecule has 3 nitrogen and oxygen atoms in total. The fourth-order valence-corrected chi connectivity index (χ4v) is 3.37. The molecule has 2 rings (SSSR count). The van der Waals surface area contributed by atoms with Gasteiger partial charge in [-0.05, 0) is 19.3 Å². The van der Waals surface area contributed by atoms with Crippen LogP contribution in [0.25, 0.3) is 0 Å². The van der Waals surface area contributed by atoms with Crippen LogP contribution in [0.5, 0.6) is 0 Å². The summed E-state index contributed by atoms with van der Waals surface area (Å²) in [6.07, 6.45) is 4.12. The maximum absolute atomic E-state index is 11.9. The van der Waals surface area contributed by atoms with Crippen LogP contribution in [0.4, 0.5) is 0 Å². The number of amides is 1. The molecule has 1 aromatic rings. The van der Waals surface area contributed by atoms with Crippen LogP contribution in [-0.2, 0) is 17.1 Å². The number of hydrogen-bond donors (Lipinski definition) is 0. The summed E-state index contributed by atoms with van der Waals surface area (Å²) in [6, 6.07) is 0. The van der Waals surface area contributed by atoms with Crippen molar-refractivity contribution < 1.29 is 4.79 Å². The molecule has 1 aromatic heterocycles. The Bertz CT molecular complexity index is 407. The van der Waals surface area contributed by atoms with E-state index >= 15 is 0 Å². The zero-order valence-electron chi connectivity index (χ0n) is 10.7. The lowest BCUT2D eigenvalue weighted by Gasteiger charge is -2.30. The second-order valence-corrected chi connectivity index (χ2v) is 6.05. The molecular weight excluding hydrogens is 268 g/mol. The summed E-state index contributed by atoms with van der Waals surface area (Å²) in [7, 11) is 0. The maximum Gasteiger partial charge on any atom is 0.225 e. The molecule has 100 valence electrons. The summed E-state index contributed by atoms with van der Waals surface area (Å²) in [6.45, 7) is 3.81. The van der Waals surface area contributed by atoms with Crippen LogP contribution in [0.1, 0.15) is 36.9 Å². The molecule has 1 saturated heterocycles. The molecule has 0 spiro atoms. The predicted octanol–water partition coefficient (Wildman–Crippen LogP) is 3.07. The summed E-state index contributed by atoms with van der Waals surface area (Å²) < 4.78 is 0. The van der Waals surface area contributed by atoms with Gasteiger partial charge in [-0.25, -0.2) is 4.98 Å². The highest BCUT2D eigenvalue weighted by atomic mass is 35.5. The quantitative estimate of drug-likeness (QED) is 0.780. The van der Waals surface area contributed by atoms with Gasteiger partial charge in [0.15, 0.2) is 0 Å². The van der Waals surface area contributed by atoms with Gasteiger partial charge in [0.05, 0.1) is 16.6 Å². The van der Waals surface area contributed by atoms with Gasteiger partial charge in [-0.15, -0.1) is 22.9 Å². The Labute approximate surface area is 117 Å². The lowest BCUT2D eigenvalue weighted by atomic mass is 9.99. The number of halogens is 1. The van der Waals surface area contributed by atoms with Gasteiger partial charge >= 0.3 is 0 Å². The molecule has 1 amide bonds. The highest BCUT2D eigenvalue weighted by Crippen LogP contribution is 2.18. The second-order valence-electron chi connectivity index (χ2n) is 4.84. The average molecular weight is 287 g/mol. The van der Waals surface area contributed by atoms with Crippen molar-refractivity contribution >= 4 is 28.8 Å². The van der Waals surface area contributed by atoms with E-state index in [2.05, 4.69) is 4.98 Å². The number of likely N-dealkylation sites (tertiary alicyclic amines) is 1. The van der Waals surface area contributed by atoms with E-state index in [9.17, 15) is 4.79 Å². The molecule has 0 radical (unpaired) electrons. The molecule has 1 fully saturated rings. The summed E-state index contributed by atoms with van der Waals surface area (Å²) in [4.78, 5) is 18.3. The normalized spacial score (nSPS) is 20.4. The van der Waals surface area contributed by atoms with Gasteiger partial charge in [0, 0.05) is 30.8 Å². The van der Waals surface area contributed by atoms with Crippen LogP contribution >= 0.6 is 22.9 Å². The summed E-state index contributed by atoms with van der Waals surface area (Å²) in [5.41, 5.74) is 0.958. The molecular formula is C13H19ClN2OS. The van der Waals surface area contributed by atoms with E-state index in [1.165, 1.54) is 0 Å². The lowest BCUT2D eigenvalue weighted by molar-refractivity contribution is -0.137. The summed E-state index contributed by atoms with van der Waals surface area (Å²) in [5, 5.41) is 3.14. The molecule has 1 aliphatic heterocycles. The molecule has 0 aromatic carbocycles. The van der Waals surface area contributed by atoms with Crippen molar-refractivity contribution in [1.29, 1.82) is 0 Å². The fourth-order valence-electron chi connectivity index (χ4n) is 2.30. The van der Waals surface area contributed by atoms with Gasteiger partial charge in [-0.1, -0.05) is 6.92 Å². The third kappa shape index (κ3) is 3.45. The molecule has 1 aliphatic rings. The van der Waals surface area contributed by atoms with Crippen molar-refractivity contribution in [2.75, 3.05) is 13.1 Å². The molecule has 18 heavy (non-hydrogen) atoms. The fraction of sp³-hybridized carbons (Fsp3) is 0.692. The number of aryl methyl sites for hydroxylation is 1. The van der Waals surface area contributed by atoms with Crippen LogP contribution in [0.2, 0.25) is 0 Å². The largest absolute Gasteiger partial charge is 0.342 e. The number of thiazole rings is 1. The van der Waals surface area contributed by atoms with E-state index in [4.69, 9.17) is 11.6 Å². The molecule has 5 heteroatoms. The molecule has 0 N–H and O–H groups in total. The second kappa shape index (κ2) is 6.53. The zero-order valence-corrected chi connectivity index (χ0v) is 12.3. The number of aromatic nitrogens is 1. The van der Waals surface area contributed by atoms with Gasteiger partial charge in [-0.2, -0.15) is 0 Å². The van der Waals surface area contributed by atoms with E-state index in [0.29, 0.717) is 11.8 Å². The number of carbonyl (C=O) groups is 1. The molecule has 0 saturated carbocycles. The van der Waals surface area contributed by atoms with Gasteiger partial charge < -0.3 is 4.90 Å². The van der Waals surface area contributed by atoms with Crippen molar-refractivity contribution in [1.82, 2.24) is 9.88 Å². The van der Waals surface area contributed by atoms with E-state index in [1.54, 1.807) is 11.3 Å². The van der Waals surface area contributed by atoms with Crippen molar-refractivity contribution in [2.45, 2.75) is 38.5 Å². The Balaban J connectivity index is 1.76. The standard InChI is InChI=1S/C13H19ClN2OS/c1-10-4-2-6-16(13(10)17)7-3-5-12-15-11(8-14)9-18-12/h9-10H,2-8H2,1H3. The summed E-state index contributed by atoms with van der Waals surface area (Å²) in [5.74, 6) is 1.02. The Morgan fingerprint density at radius 3 is 3.17 bits per heavy atom. The lowest BCUT2D eigenvalue weighted by Crippen LogP contribution is -2.40. The number of hydrogen-bond acceptors (Lipinski definition) is 3. The summed E-state index contributed by atoms with van der Waals surface area (Å²) >= 11 is 7.39. The van der Waals surface area contributed by atoms with Crippen molar-refractivity contribution in [3.05, 3.63) is 16.1 Å². The molecule has 0 bridgehead atoms. The van der Waals surface area contributed by atoms with Gasteiger partial charge in [-0.3, -0.25) is 4.79 Å². The van der Waals surface area contributed by atoms with Crippen LogP contribution in [-0.4, -0.2) is 28.9 Å². The molecule has 1 unspecified atom stereocenters. The van der Waals surface area contributed by atoms with E-state index in [0.717, 1.165) is 49.5 Å². The number of nitrogens with zero attached hydrogens (tertiary/aromatic N) is 2. The monoisotopic (exact) mass is 286 g/mol. The third-order valence-electron chi connectivity index (χ3n) is 3.35. The predicted molar refractivity (Wildman–Crippen MR) is 75.0 cm³/mol. The molecule has 2 heterocycles. The minimum absolute atomic E-state index is 0.210. The first-order valence-corrected chi connectivity index (χ1v) is 7.90. The zero-order chi connectivity index (χ0) is 13.0. The Morgan fingerprint density at radius 2 is 2.44 bits per heavy atom. The van der Waals surface area contributed by atoms with Crippen LogP contribution in [0.3, 0.4) is 0 Å². The number of piperidine rings is 1. The van der Waals surface area contributed by atoms with E-state index in [-0.39, 0.29) is 5.92 Å². The third-order valence-corrected chi connectivity index (χ3v) is 4.58. The minimum atomic E-state index is 0.210. The Morgan fingerprint density at radius 1 is 1.61 bits per heavy atom. The maximum atomic E-state index is 11.9. The highest BCUT2D eigenvalue weighted by Gasteiger charge is 2.24. The van der Waals surface area contributed by atoms with E-state index in [1.807, 2.05) is 17.2 Å². The SMILES string of the molecule is CC1CCCN(CCCc2nc(CCl)cs2)C1=O. The van der Waals surface area contributed by atoms with E-state index < -0.39 is 0 Å². The number of alkyl halides is 1. The number of rotatable bonds is 5. The first kappa shape index (κ1) is 13.8. The smallest absolute Gasteiger partial charge is 0.225 e. The van der Waals surface area contributed by atoms with Gasteiger partial charge in [0.1, 0.15) is 0 Å². The first-order chi connectivity index (χ1) is 8.70. The van der Waals surface area contributed by atoms with Crippen LogP contribution in [0, 0.1) is 5.92 Å². The van der Waals surface area contributed by atoms with Crippen LogP contribution < -0.4 is 0 Å². The Kier molecular flexibility index (Phi) is 5.01. The highest BCUT2D eigenvalue weighted by molar-refractivity contribution is 7.09. The number of carbonyl (C=O) groups excluding carboxylic acids is 1. The van der Waals surface area contributed by atoms with Crippen molar-refractivity contribution in [3.8, 4) is 0 Å². The topological polar surface area (TPSA) is 33.2 Å². The minimum Gasteiger partial charge on any atom is -0.342 e. The van der Waals surface area contributed by atoms with Crippen molar-refractivity contribution in [3.63, 3.8) is 0 Å². The molecule has 0 aliphatic carbocycles. The molecule has 1 atom stereocenters. The van der Waals surface area contributed by atoms with Gasteiger partial charge in [0.25, 0.3) is 0 Å². The Hall–Kier alpha value is -0.610. The van der Waals surface area contributed by atoms with Crippen LogP contribution in [0.15, 0.2) is 5.38 Å². The van der Waals surface area contributed by atoms with Gasteiger partial charge in [0.2, 0.25) is 5.91 Å². The average Bonchev–Trinajstić information content (AvgIpc) is 2.82. The van der Waals surface area contributed by atoms with Crippen molar-refractivity contribution in [2.24, 2.45) is 5.92 Å².